The summed E-state index contributed by atoms with van der Waals surface area (Å²) in [5.41, 5.74) is 2.88. The molecule has 0 unspecified atom stereocenters. The van der Waals surface area contributed by atoms with Gasteiger partial charge in [-0.3, -0.25) is 14.9 Å². The van der Waals surface area contributed by atoms with Crippen LogP contribution in [-0.2, 0) is 11.2 Å². The highest BCUT2D eigenvalue weighted by Crippen LogP contribution is 2.29. The average Bonchev–Trinajstić information content (AvgIpc) is 2.94. The molecular formula is C28H31N5O5. The van der Waals surface area contributed by atoms with Gasteiger partial charge in [0.1, 0.15) is 11.4 Å². The van der Waals surface area contributed by atoms with E-state index in [0.717, 1.165) is 24.2 Å². The van der Waals surface area contributed by atoms with Crippen LogP contribution in [0.5, 0.6) is 5.75 Å². The van der Waals surface area contributed by atoms with Gasteiger partial charge in [0, 0.05) is 44.0 Å². The highest BCUT2D eigenvalue weighted by atomic mass is 16.6. The third-order valence-corrected chi connectivity index (χ3v) is 6.44. The first-order chi connectivity index (χ1) is 18.4. The number of hydrogen-bond donors (Lipinski definition) is 2. The molecule has 10 heteroatoms. The fourth-order valence-corrected chi connectivity index (χ4v) is 4.33. The lowest BCUT2D eigenvalue weighted by atomic mass is 10.1. The summed E-state index contributed by atoms with van der Waals surface area (Å²) < 4.78 is 5.04. The van der Waals surface area contributed by atoms with E-state index in [2.05, 4.69) is 27.7 Å². The molecule has 0 aliphatic carbocycles. The summed E-state index contributed by atoms with van der Waals surface area (Å²) >= 11 is 0. The van der Waals surface area contributed by atoms with Crippen molar-refractivity contribution in [2.75, 3.05) is 48.8 Å². The molecule has 2 N–H and O–H groups in total. The van der Waals surface area contributed by atoms with Gasteiger partial charge in [0.25, 0.3) is 5.69 Å². The second-order valence-electron chi connectivity index (χ2n) is 8.98. The minimum atomic E-state index is -0.549. The molecule has 1 fully saturated rings. The van der Waals surface area contributed by atoms with Gasteiger partial charge < -0.3 is 25.2 Å². The SMILES string of the molecule is COc1ccc(NC(=O)N2CCN(c3ccc(NC(=O)CCCc4ccccc4)cc3)CC2)c([N+](=O)[O-])c1. The minimum absolute atomic E-state index is 0.00888. The fraction of sp³-hybridized carbons (Fsp3) is 0.286. The molecule has 198 valence electrons. The van der Waals surface area contributed by atoms with Crippen molar-refractivity contribution >= 4 is 34.7 Å². The smallest absolute Gasteiger partial charge is 0.322 e. The van der Waals surface area contributed by atoms with Crippen molar-refractivity contribution in [1.29, 1.82) is 0 Å². The Morgan fingerprint density at radius 2 is 1.66 bits per heavy atom. The fourth-order valence-electron chi connectivity index (χ4n) is 4.33. The van der Waals surface area contributed by atoms with E-state index in [1.54, 1.807) is 11.0 Å². The maximum absolute atomic E-state index is 12.7. The Balaban J connectivity index is 1.24. The lowest BCUT2D eigenvalue weighted by Gasteiger charge is -2.36. The Kier molecular flexibility index (Phi) is 8.76. The first kappa shape index (κ1) is 26.5. The van der Waals surface area contributed by atoms with Gasteiger partial charge in [-0.15, -0.1) is 0 Å². The summed E-state index contributed by atoms with van der Waals surface area (Å²) in [5.74, 6) is 0.336. The summed E-state index contributed by atoms with van der Waals surface area (Å²) in [6.07, 6.45) is 2.12. The average molecular weight is 518 g/mol. The molecule has 0 bridgehead atoms. The number of ether oxygens (including phenoxy) is 1. The van der Waals surface area contributed by atoms with Crippen LogP contribution in [0, 0.1) is 10.1 Å². The first-order valence-corrected chi connectivity index (χ1v) is 12.5. The summed E-state index contributed by atoms with van der Waals surface area (Å²) in [6, 6.07) is 21.7. The predicted octanol–water partition coefficient (Wildman–Crippen LogP) is 4.92. The zero-order valence-electron chi connectivity index (χ0n) is 21.3. The third kappa shape index (κ3) is 7.00. The minimum Gasteiger partial charge on any atom is -0.496 e. The molecule has 0 aromatic heterocycles. The van der Waals surface area contributed by atoms with Crippen LogP contribution < -0.4 is 20.3 Å². The number of nitrogens with zero attached hydrogens (tertiary/aromatic N) is 3. The number of rotatable bonds is 9. The molecule has 0 saturated carbocycles. The van der Waals surface area contributed by atoms with Crippen LogP contribution in [-0.4, -0.2) is 55.1 Å². The molecule has 4 rings (SSSR count). The summed E-state index contributed by atoms with van der Waals surface area (Å²) in [5, 5.41) is 17.0. The van der Waals surface area contributed by atoms with Crippen LogP contribution in [0.3, 0.4) is 0 Å². The highest BCUT2D eigenvalue weighted by Gasteiger charge is 2.24. The molecule has 0 atom stereocenters. The van der Waals surface area contributed by atoms with Gasteiger partial charge >= 0.3 is 6.03 Å². The number of aryl methyl sites for hydroxylation is 1. The van der Waals surface area contributed by atoms with Crippen molar-refractivity contribution in [2.24, 2.45) is 0 Å². The van der Waals surface area contributed by atoms with E-state index in [9.17, 15) is 19.7 Å². The van der Waals surface area contributed by atoms with Crippen molar-refractivity contribution in [3.8, 4) is 5.75 Å². The van der Waals surface area contributed by atoms with Crippen LogP contribution >= 0.6 is 0 Å². The number of carbonyl (C=O) groups is 2. The number of nitro groups is 1. The Bertz CT molecular complexity index is 1260. The Labute approximate surface area is 221 Å². The molecule has 1 saturated heterocycles. The number of hydrogen-bond acceptors (Lipinski definition) is 6. The number of nitro benzene ring substituents is 1. The van der Waals surface area contributed by atoms with E-state index in [0.29, 0.717) is 38.3 Å². The number of methoxy groups -OCH3 is 1. The van der Waals surface area contributed by atoms with E-state index >= 15 is 0 Å². The third-order valence-electron chi connectivity index (χ3n) is 6.44. The zero-order valence-corrected chi connectivity index (χ0v) is 21.3. The first-order valence-electron chi connectivity index (χ1n) is 12.5. The molecule has 3 amide bonds. The standard InChI is InChI=1S/C28H31N5O5/c1-38-24-14-15-25(26(20-24)33(36)37)30-28(35)32-18-16-31(17-19-32)23-12-10-22(11-13-23)29-27(34)9-5-8-21-6-3-2-4-7-21/h2-4,6-7,10-15,20H,5,8-9,16-19H2,1H3,(H,29,34)(H,30,35). The van der Waals surface area contributed by atoms with E-state index in [-0.39, 0.29) is 23.3 Å². The molecule has 1 aliphatic rings. The topological polar surface area (TPSA) is 117 Å². The van der Waals surface area contributed by atoms with E-state index < -0.39 is 4.92 Å². The van der Waals surface area contributed by atoms with Crippen molar-refractivity contribution in [3.05, 3.63) is 88.5 Å². The number of benzene rings is 3. The summed E-state index contributed by atoms with van der Waals surface area (Å²) in [4.78, 5) is 39.7. The molecule has 3 aromatic carbocycles. The van der Waals surface area contributed by atoms with E-state index in [1.807, 2.05) is 42.5 Å². The number of nitrogens with one attached hydrogen (secondary N) is 2. The normalized spacial score (nSPS) is 13.1. The van der Waals surface area contributed by atoms with Gasteiger partial charge in [0.05, 0.1) is 18.1 Å². The lowest BCUT2D eigenvalue weighted by molar-refractivity contribution is -0.384. The van der Waals surface area contributed by atoms with Crippen LogP contribution in [0.4, 0.5) is 27.5 Å². The lowest BCUT2D eigenvalue weighted by Crippen LogP contribution is -2.50. The Morgan fingerprint density at radius 1 is 0.947 bits per heavy atom. The highest BCUT2D eigenvalue weighted by molar-refractivity contribution is 5.92. The maximum atomic E-state index is 12.7. The maximum Gasteiger partial charge on any atom is 0.322 e. The van der Waals surface area contributed by atoms with Crippen LogP contribution in [0.15, 0.2) is 72.8 Å². The zero-order chi connectivity index (χ0) is 26.9. The van der Waals surface area contributed by atoms with Crippen LogP contribution in [0.2, 0.25) is 0 Å². The monoisotopic (exact) mass is 517 g/mol. The quantitative estimate of drug-likeness (QED) is 0.307. The van der Waals surface area contributed by atoms with Crippen molar-refractivity contribution in [3.63, 3.8) is 0 Å². The molecule has 0 radical (unpaired) electrons. The Hall–Kier alpha value is -4.60. The van der Waals surface area contributed by atoms with E-state index in [1.165, 1.54) is 24.8 Å². The van der Waals surface area contributed by atoms with Crippen molar-refractivity contribution < 1.29 is 19.2 Å². The van der Waals surface area contributed by atoms with Gasteiger partial charge in [-0.2, -0.15) is 0 Å². The summed E-state index contributed by atoms with van der Waals surface area (Å²) in [7, 11) is 1.43. The number of amides is 3. The number of anilines is 3. The number of carbonyl (C=O) groups excluding carboxylic acids is 2. The van der Waals surface area contributed by atoms with Crippen molar-refractivity contribution in [1.82, 2.24) is 4.90 Å². The number of urea groups is 1. The summed E-state index contributed by atoms with van der Waals surface area (Å²) in [6.45, 7) is 2.16. The van der Waals surface area contributed by atoms with Gasteiger partial charge in [-0.25, -0.2) is 4.79 Å². The van der Waals surface area contributed by atoms with Gasteiger partial charge in [-0.05, 0) is 54.8 Å². The molecule has 1 heterocycles. The second-order valence-corrected chi connectivity index (χ2v) is 8.98. The molecular weight excluding hydrogens is 486 g/mol. The molecule has 1 aliphatic heterocycles. The predicted molar refractivity (Wildman–Crippen MR) is 147 cm³/mol. The Morgan fingerprint density at radius 3 is 2.32 bits per heavy atom. The van der Waals surface area contributed by atoms with E-state index in [4.69, 9.17) is 4.74 Å². The largest absolute Gasteiger partial charge is 0.496 e. The van der Waals surface area contributed by atoms with Crippen LogP contribution in [0.25, 0.3) is 0 Å². The molecule has 38 heavy (non-hydrogen) atoms. The van der Waals surface area contributed by atoms with Crippen molar-refractivity contribution in [2.45, 2.75) is 19.3 Å². The molecule has 10 nitrogen and oxygen atoms in total. The van der Waals surface area contributed by atoms with Gasteiger partial charge in [-0.1, -0.05) is 30.3 Å². The van der Waals surface area contributed by atoms with Gasteiger partial charge in [0.2, 0.25) is 5.91 Å². The van der Waals surface area contributed by atoms with Gasteiger partial charge in [0.15, 0.2) is 0 Å². The molecule has 3 aromatic rings. The number of piperazine rings is 1. The second kappa shape index (κ2) is 12.6. The van der Waals surface area contributed by atoms with Crippen LogP contribution in [0.1, 0.15) is 18.4 Å². The molecule has 0 spiro atoms.